The second kappa shape index (κ2) is 9.97. The zero-order valence-corrected chi connectivity index (χ0v) is 21.6. The molecule has 1 fully saturated rings. The largest absolute Gasteiger partial charge is 0.444 e. The van der Waals surface area contributed by atoms with E-state index in [-0.39, 0.29) is 17.6 Å². The number of ether oxygens (including phenoxy) is 1. The van der Waals surface area contributed by atoms with Crippen molar-refractivity contribution in [3.63, 3.8) is 0 Å². The molecule has 4 nitrogen and oxygen atoms in total. The van der Waals surface area contributed by atoms with Gasteiger partial charge in [0.05, 0.1) is 5.54 Å². The van der Waals surface area contributed by atoms with Gasteiger partial charge >= 0.3 is 6.09 Å². The van der Waals surface area contributed by atoms with E-state index < -0.39 is 5.60 Å². The van der Waals surface area contributed by atoms with Crippen LogP contribution >= 0.6 is 11.6 Å². The van der Waals surface area contributed by atoms with Crippen molar-refractivity contribution in [1.82, 2.24) is 10.2 Å². The van der Waals surface area contributed by atoms with Crippen LogP contribution in [0, 0.1) is 5.92 Å². The smallest absolute Gasteiger partial charge is 0.410 e. The molecule has 1 saturated heterocycles. The molecule has 0 aromatic heterocycles. The highest BCUT2D eigenvalue weighted by molar-refractivity contribution is 6.30. The van der Waals surface area contributed by atoms with Crippen molar-refractivity contribution in [1.29, 1.82) is 0 Å². The van der Waals surface area contributed by atoms with Crippen LogP contribution in [0.25, 0.3) is 6.08 Å². The maximum absolute atomic E-state index is 12.6. The normalized spacial score (nSPS) is 23.9. The third-order valence-electron chi connectivity index (χ3n) is 6.93. The molecule has 33 heavy (non-hydrogen) atoms. The number of carbonyl (C=O) groups excluding carboxylic acids is 1. The molecule has 1 aromatic carbocycles. The van der Waals surface area contributed by atoms with Gasteiger partial charge in [0.1, 0.15) is 5.60 Å². The molecule has 1 aliphatic carbocycles. The molecule has 3 rings (SSSR count). The second-order valence-electron chi connectivity index (χ2n) is 10.5. The van der Waals surface area contributed by atoms with Crippen LogP contribution in [0.5, 0.6) is 0 Å². The molecule has 1 aliphatic heterocycles. The summed E-state index contributed by atoms with van der Waals surface area (Å²) in [6.45, 7) is 20.1. The average molecular weight is 471 g/mol. The van der Waals surface area contributed by atoms with Gasteiger partial charge in [-0.15, -0.1) is 0 Å². The lowest BCUT2D eigenvalue weighted by Crippen LogP contribution is -2.51. The van der Waals surface area contributed by atoms with Crippen LogP contribution in [-0.2, 0) is 4.74 Å². The fourth-order valence-electron chi connectivity index (χ4n) is 5.41. The zero-order chi connectivity index (χ0) is 24.4. The van der Waals surface area contributed by atoms with Gasteiger partial charge in [-0.3, -0.25) is 0 Å². The molecule has 0 bridgehead atoms. The summed E-state index contributed by atoms with van der Waals surface area (Å²) in [5.74, 6) is 0.536. The molecule has 1 aromatic rings. The molecule has 0 radical (unpaired) electrons. The van der Waals surface area contributed by atoms with E-state index in [9.17, 15) is 4.79 Å². The van der Waals surface area contributed by atoms with Crippen LogP contribution in [0.3, 0.4) is 0 Å². The van der Waals surface area contributed by atoms with Crippen LogP contribution in [0.2, 0.25) is 5.02 Å². The van der Waals surface area contributed by atoms with E-state index in [1.54, 1.807) is 6.20 Å². The summed E-state index contributed by atoms with van der Waals surface area (Å²) in [6.07, 6.45) is 7.64. The van der Waals surface area contributed by atoms with Crippen LogP contribution in [0.1, 0.15) is 77.3 Å². The summed E-state index contributed by atoms with van der Waals surface area (Å²) in [6, 6.07) is 6.23. The van der Waals surface area contributed by atoms with Crippen molar-refractivity contribution in [2.75, 3.05) is 13.1 Å². The van der Waals surface area contributed by atoms with E-state index >= 15 is 0 Å². The molecule has 0 spiro atoms. The van der Waals surface area contributed by atoms with Gasteiger partial charge in [-0.25, -0.2) is 4.79 Å². The quantitative estimate of drug-likeness (QED) is 0.490. The molecule has 2 unspecified atom stereocenters. The number of halogens is 1. The number of hydrogen-bond donors (Lipinski definition) is 1. The van der Waals surface area contributed by atoms with Crippen LogP contribution in [0.15, 0.2) is 48.7 Å². The van der Waals surface area contributed by atoms with Crippen molar-refractivity contribution < 1.29 is 9.53 Å². The Bertz CT molecular complexity index is 938. The molecule has 1 heterocycles. The fraction of sp³-hybridized carbons (Fsp3) is 0.536. The van der Waals surface area contributed by atoms with Gasteiger partial charge in [-0.2, -0.15) is 0 Å². The van der Waals surface area contributed by atoms with Crippen molar-refractivity contribution in [3.8, 4) is 0 Å². The first-order chi connectivity index (χ1) is 15.5. The Kier molecular flexibility index (Phi) is 7.68. The van der Waals surface area contributed by atoms with E-state index in [0.29, 0.717) is 19.0 Å². The van der Waals surface area contributed by atoms with Crippen molar-refractivity contribution >= 4 is 23.8 Å². The molecular weight excluding hydrogens is 432 g/mol. The lowest BCUT2D eigenvalue weighted by molar-refractivity contribution is 0.0163. The standard InChI is InChI=1S/C28H39ClN2O2/c1-8-10-21-17-22-18-23(29)11-12-24(22)25(28(7,19(21)3)30-9-2)20-13-15-31(16-14-20)26(32)33-27(4,5)6/h9,11-12,17-18,20,25,30H,2-3,8,10,13-16H2,1,4-7H3. The van der Waals surface area contributed by atoms with E-state index in [0.717, 1.165) is 36.3 Å². The van der Waals surface area contributed by atoms with Gasteiger partial charge in [0.2, 0.25) is 0 Å². The number of rotatable bonds is 5. The Morgan fingerprint density at radius 3 is 2.58 bits per heavy atom. The predicted octanol–water partition coefficient (Wildman–Crippen LogP) is 7.32. The van der Waals surface area contributed by atoms with Gasteiger partial charge < -0.3 is 15.0 Å². The number of nitrogens with zero attached hydrogens (tertiary/aromatic N) is 1. The van der Waals surface area contributed by atoms with Crippen LogP contribution < -0.4 is 5.32 Å². The number of benzene rings is 1. The molecule has 2 aliphatic rings. The zero-order valence-electron chi connectivity index (χ0n) is 20.8. The van der Waals surface area contributed by atoms with Crippen molar-refractivity contribution in [3.05, 3.63) is 64.9 Å². The fourth-order valence-corrected chi connectivity index (χ4v) is 5.59. The van der Waals surface area contributed by atoms with Gasteiger partial charge in [-0.1, -0.05) is 50.2 Å². The Morgan fingerprint density at radius 2 is 2.00 bits per heavy atom. The minimum atomic E-state index is -0.487. The lowest BCUT2D eigenvalue weighted by atomic mass is 9.66. The number of amides is 1. The van der Waals surface area contributed by atoms with Gasteiger partial charge in [0.15, 0.2) is 0 Å². The minimum absolute atomic E-state index is 0.168. The molecule has 0 saturated carbocycles. The third kappa shape index (κ3) is 5.48. The summed E-state index contributed by atoms with van der Waals surface area (Å²) in [4.78, 5) is 14.5. The van der Waals surface area contributed by atoms with Gasteiger partial charge in [0, 0.05) is 24.0 Å². The maximum atomic E-state index is 12.6. The first-order valence-electron chi connectivity index (χ1n) is 12.1. The van der Waals surface area contributed by atoms with Crippen molar-refractivity contribution in [2.24, 2.45) is 5.92 Å². The lowest BCUT2D eigenvalue weighted by Gasteiger charge is -2.46. The highest BCUT2D eigenvalue weighted by Gasteiger charge is 2.45. The Morgan fingerprint density at radius 1 is 1.33 bits per heavy atom. The number of fused-ring (bicyclic) bond motifs is 1. The summed E-state index contributed by atoms with van der Waals surface area (Å²) in [5.41, 5.74) is 3.93. The first-order valence-corrected chi connectivity index (χ1v) is 12.4. The van der Waals surface area contributed by atoms with E-state index in [1.165, 1.54) is 16.7 Å². The molecule has 180 valence electrons. The number of carbonyl (C=O) groups is 1. The van der Waals surface area contributed by atoms with Crippen LogP contribution in [0.4, 0.5) is 4.79 Å². The first kappa shape index (κ1) is 25.4. The molecular formula is C28H39ClN2O2. The third-order valence-corrected chi connectivity index (χ3v) is 7.17. The summed E-state index contributed by atoms with van der Waals surface area (Å²) in [7, 11) is 0. The van der Waals surface area contributed by atoms with E-state index in [4.69, 9.17) is 16.3 Å². The van der Waals surface area contributed by atoms with E-state index in [1.807, 2.05) is 31.7 Å². The average Bonchev–Trinajstić information content (AvgIpc) is 2.81. The monoisotopic (exact) mass is 470 g/mol. The minimum Gasteiger partial charge on any atom is -0.444 e. The Labute approximate surface area is 204 Å². The molecule has 1 amide bonds. The number of nitrogens with one attached hydrogen (secondary N) is 1. The molecule has 2 atom stereocenters. The second-order valence-corrected chi connectivity index (χ2v) is 10.9. The Hall–Kier alpha value is -2.20. The number of hydrogen-bond acceptors (Lipinski definition) is 3. The highest BCUT2D eigenvalue weighted by Crippen LogP contribution is 2.49. The molecule has 5 heteroatoms. The maximum Gasteiger partial charge on any atom is 0.410 e. The summed E-state index contributed by atoms with van der Waals surface area (Å²) in [5, 5.41) is 4.33. The van der Waals surface area contributed by atoms with Crippen LogP contribution in [-0.4, -0.2) is 35.2 Å². The summed E-state index contributed by atoms with van der Waals surface area (Å²) >= 11 is 6.42. The predicted molar refractivity (Wildman–Crippen MR) is 138 cm³/mol. The van der Waals surface area contributed by atoms with Gasteiger partial charge in [-0.05, 0) is 93.5 Å². The van der Waals surface area contributed by atoms with E-state index in [2.05, 4.69) is 50.5 Å². The highest BCUT2D eigenvalue weighted by atomic mass is 35.5. The number of piperidine rings is 1. The SMILES string of the molecule is C=CNC1(C)C(=C)C(CCC)=Cc2cc(Cl)ccc2C1C1CCN(C(=O)OC(C)(C)C)CC1. The number of likely N-dealkylation sites (tertiary alicyclic amines) is 1. The van der Waals surface area contributed by atoms with Gasteiger partial charge in [0.25, 0.3) is 0 Å². The topological polar surface area (TPSA) is 41.6 Å². The summed E-state index contributed by atoms with van der Waals surface area (Å²) < 4.78 is 5.61. The molecule has 1 N–H and O–H groups in total. The van der Waals surface area contributed by atoms with Crippen molar-refractivity contribution in [2.45, 2.75) is 77.4 Å². The Balaban J connectivity index is 1.97.